The molecule has 0 aliphatic heterocycles. The third kappa shape index (κ3) is 4.08. The first-order chi connectivity index (χ1) is 12.6. The fourth-order valence-electron chi connectivity index (χ4n) is 2.48. The third-order valence-electron chi connectivity index (χ3n) is 4.00. The van der Waals surface area contributed by atoms with E-state index in [4.69, 9.17) is 4.74 Å². The molecule has 0 spiro atoms. The van der Waals surface area contributed by atoms with Gasteiger partial charge >= 0.3 is 0 Å². The average Bonchev–Trinajstić information content (AvgIpc) is 3.05. The van der Waals surface area contributed by atoms with Crippen LogP contribution < -0.4 is 4.74 Å². The van der Waals surface area contributed by atoms with Crippen LogP contribution in [-0.2, 0) is 0 Å². The van der Waals surface area contributed by atoms with Gasteiger partial charge in [-0.05, 0) is 37.6 Å². The molecule has 5 nitrogen and oxygen atoms in total. The van der Waals surface area contributed by atoms with E-state index >= 15 is 0 Å². The average molecular weight is 367 g/mol. The zero-order valence-corrected chi connectivity index (χ0v) is 15.9. The van der Waals surface area contributed by atoms with Gasteiger partial charge < -0.3 is 9.64 Å². The predicted octanol–water partition coefficient (Wildman–Crippen LogP) is 3.97. The van der Waals surface area contributed by atoms with Crippen molar-refractivity contribution in [3.8, 4) is 16.5 Å². The number of aryl methyl sites for hydroxylation is 2. The summed E-state index contributed by atoms with van der Waals surface area (Å²) in [6.45, 7) is 4.80. The van der Waals surface area contributed by atoms with Crippen LogP contribution in [0.2, 0.25) is 0 Å². The van der Waals surface area contributed by atoms with Crippen LogP contribution >= 0.6 is 11.3 Å². The summed E-state index contributed by atoms with van der Waals surface area (Å²) in [4.78, 5) is 23.9. The summed E-state index contributed by atoms with van der Waals surface area (Å²) in [5, 5.41) is 0.760. The van der Waals surface area contributed by atoms with Gasteiger partial charge in [-0.2, -0.15) is 0 Å². The van der Waals surface area contributed by atoms with Gasteiger partial charge in [-0.1, -0.05) is 24.3 Å². The van der Waals surface area contributed by atoms with Gasteiger partial charge in [0.25, 0.3) is 5.91 Å². The summed E-state index contributed by atoms with van der Waals surface area (Å²) < 4.78 is 5.78. The molecule has 0 unspecified atom stereocenters. The molecular formula is C20H21N3O2S. The Labute approximate surface area is 157 Å². The van der Waals surface area contributed by atoms with Gasteiger partial charge in [-0.3, -0.25) is 9.78 Å². The normalized spacial score (nSPS) is 10.6. The monoisotopic (exact) mass is 367 g/mol. The molecule has 0 saturated heterocycles. The number of carbonyl (C=O) groups excluding carboxylic acids is 1. The quantitative estimate of drug-likeness (QED) is 0.661. The molecule has 3 rings (SSSR count). The first kappa shape index (κ1) is 18.1. The molecule has 0 aliphatic rings. The minimum Gasteiger partial charge on any atom is -0.491 e. The van der Waals surface area contributed by atoms with Crippen LogP contribution in [0.1, 0.15) is 20.9 Å². The number of nitrogens with zero attached hydrogens (tertiary/aromatic N) is 3. The van der Waals surface area contributed by atoms with Crippen molar-refractivity contribution in [3.05, 3.63) is 64.8 Å². The Morgan fingerprint density at radius 1 is 1.15 bits per heavy atom. The van der Waals surface area contributed by atoms with Crippen LogP contribution in [0.5, 0.6) is 5.75 Å². The lowest BCUT2D eigenvalue weighted by molar-refractivity contribution is 0.0777. The van der Waals surface area contributed by atoms with E-state index in [0.717, 1.165) is 27.7 Å². The lowest BCUT2D eigenvalue weighted by Crippen LogP contribution is -2.30. The van der Waals surface area contributed by atoms with Crippen molar-refractivity contribution in [3.63, 3.8) is 0 Å². The van der Waals surface area contributed by atoms with Gasteiger partial charge in [0.15, 0.2) is 0 Å². The van der Waals surface area contributed by atoms with Crippen molar-refractivity contribution in [1.29, 1.82) is 0 Å². The van der Waals surface area contributed by atoms with E-state index in [-0.39, 0.29) is 5.91 Å². The molecule has 1 amide bonds. The number of aromatic nitrogens is 2. The second-order valence-electron chi connectivity index (χ2n) is 5.99. The zero-order valence-electron chi connectivity index (χ0n) is 15.1. The van der Waals surface area contributed by atoms with E-state index in [1.165, 1.54) is 11.3 Å². The Morgan fingerprint density at radius 3 is 2.65 bits per heavy atom. The summed E-state index contributed by atoms with van der Waals surface area (Å²) in [6, 6.07) is 13.5. The number of rotatable bonds is 6. The topological polar surface area (TPSA) is 55.3 Å². The second kappa shape index (κ2) is 8.10. The number of ether oxygens (including phenoxy) is 1. The van der Waals surface area contributed by atoms with Gasteiger partial charge in [0.1, 0.15) is 22.2 Å². The molecule has 0 atom stereocenters. The number of hydrogen-bond acceptors (Lipinski definition) is 5. The molecule has 26 heavy (non-hydrogen) atoms. The number of hydrogen-bond donors (Lipinski definition) is 0. The van der Waals surface area contributed by atoms with E-state index in [2.05, 4.69) is 9.97 Å². The SMILES string of the molecule is Cc1ccccc1OCCN(C)C(=O)c1sc(-c2ccccn2)nc1C. The third-order valence-corrected chi connectivity index (χ3v) is 5.17. The number of benzene rings is 1. The summed E-state index contributed by atoms with van der Waals surface area (Å²) >= 11 is 1.38. The highest BCUT2D eigenvalue weighted by Crippen LogP contribution is 2.27. The zero-order chi connectivity index (χ0) is 18.5. The molecule has 2 aromatic heterocycles. The summed E-state index contributed by atoms with van der Waals surface area (Å²) in [5.74, 6) is 0.801. The molecule has 0 saturated carbocycles. The maximum absolute atomic E-state index is 12.7. The molecule has 3 aromatic rings. The molecule has 0 bridgehead atoms. The van der Waals surface area contributed by atoms with Crippen LogP contribution in [-0.4, -0.2) is 41.0 Å². The van der Waals surface area contributed by atoms with Crippen molar-refractivity contribution in [2.75, 3.05) is 20.2 Å². The van der Waals surface area contributed by atoms with E-state index < -0.39 is 0 Å². The first-order valence-corrected chi connectivity index (χ1v) is 9.20. The number of carbonyl (C=O) groups is 1. The van der Waals surface area contributed by atoms with Gasteiger partial charge in [0.05, 0.1) is 17.9 Å². The Hall–Kier alpha value is -2.73. The number of pyridine rings is 1. The molecule has 2 heterocycles. The highest BCUT2D eigenvalue weighted by molar-refractivity contribution is 7.17. The van der Waals surface area contributed by atoms with E-state index in [9.17, 15) is 4.79 Å². The van der Waals surface area contributed by atoms with Crippen LogP contribution in [0.3, 0.4) is 0 Å². The highest BCUT2D eigenvalue weighted by Gasteiger charge is 2.20. The van der Waals surface area contributed by atoms with Gasteiger partial charge in [-0.15, -0.1) is 11.3 Å². The molecular weight excluding hydrogens is 346 g/mol. The smallest absolute Gasteiger partial charge is 0.265 e. The lowest BCUT2D eigenvalue weighted by atomic mass is 10.2. The number of para-hydroxylation sites is 1. The van der Waals surface area contributed by atoms with Crippen LogP contribution in [0, 0.1) is 13.8 Å². The van der Waals surface area contributed by atoms with Crippen molar-refractivity contribution in [2.24, 2.45) is 0 Å². The van der Waals surface area contributed by atoms with Crippen molar-refractivity contribution >= 4 is 17.2 Å². The molecule has 1 aromatic carbocycles. The fourth-order valence-corrected chi connectivity index (χ4v) is 3.52. The van der Waals surface area contributed by atoms with Crippen molar-refractivity contribution in [1.82, 2.24) is 14.9 Å². The standard InChI is InChI=1S/C20H21N3O2S/c1-14-8-4-5-10-17(14)25-13-12-23(3)20(24)18-15(2)22-19(26-18)16-9-6-7-11-21-16/h4-11H,12-13H2,1-3H3. The maximum atomic E-state index is 12.7. The number of likely N-dealkylation sites (N-methyl/N-ethyl adjacent to an activating group) is 1. The molecule has 0 radical (unpaired) electrons. The van der Waals surface area contributed by atoms with Crippen molar-refractivity contribution < 1.29 is 9.53 Å². The second-order valence-corrected chi connectivity index (χ2v) is 6.99. The minimum absolute atomic E-state index is 0.0458. The first-order valence-electron chi connectivity index (χ1n) is 8.39. The molecule has 6 heteroatoms. The Morgan fingerprint density at radius 2 is 1.92 bits per heavy atom. The predicted molar refractivity (Wildman–Crippen MR) is 104 cm³/mol. The largest absolute Gasteiger partial charge is 0.491 e. The molecule has 0 N–H and O–H groups in total. The summed E-state index contributed by atoms with van der Waals surface area (Å²) in [5.41, 5.74) is 2.59. The van der Waals surface area contributed by atoms with Crippen molar-refractivity contribution in [2.45, 2.75) is 13.8 Å². The summed E-state index contributed by atoms with van der Waals surface area (Å²) in [7, 11) is 1.78. The van der Waals surface area contributed by atoms with Crippen LogP contribution in [0.4, 0.5) is 0 Å². The number of thiazole rings is 1. The van der Waals surface area contributed by atoms with Gasteiger partial charge in [-0.25, -0.2) is 4.98 Å². The van der Waals surface area contributed by atoms with Gasteiger partial charge in [0, 0.05) is 13.2 Å². The summed E-state index contributed by atoms with van der Waals surface area (Å²) in [6.07, 6.45) is 1.72. The van der Waals surface area contributed by atoms with Crippen LogP contribution in [0.25, 0.3) is 10.7 Å². The van der Waals surface area contributed by atoms with Gasteiger partial charge in [0.2, 0.25) is 0 Å². The lowest BCUT2D eigenvalue weighted by Gasteiger charge is -2.17. The highest BCUT2D eigenvalue weighted by atomic mass is 32.1. The Kier molecular flexibility index (Phi) is 5.63. The molecule has 0 fully saturated rings. The molecule has 134 valence electrons. The number of amides is 1. The maximum Gasteiger partial charge on any atom is 0.265 e. The minimum atomic E-state index is -0.0458. The van der Waals surface area contributed by atoms with E-state index in [1.807, 2.05) is 56.3 Å². The Bertz CT molecular complexity index is 893. The Balaban J connectivity index is 1.63. The molecule has 0 aliphatic carbocycles. The van der Waals surface area contributed by atoms with E-state index in [0.29, 0.717) is 18.0 Å². The van der Waals surface area contributed by atoms with E-state index in [1.54, 1.807) is 18.1 Å². The van der Waals surface area contributed by atoms with Crippen LogP contribution in [0.15, 0.2) is 48.7 Å². The fraction of sp³-hybridized carbons (Fsp3) is 0.250.